The molecule has 7 heteroatoms. The highest BCUT2D eigenvalue weighted by Gasteiger charge is 2.64. The van der Waals surface area contributed by atoms with Crippen LogP contribution in [0, 0.1) is 0 Å². The Morgan fingerprint density at radius 3 is 2.04 bits per heavy atom. The molecule has 1 aliphatic carbocycles. The molecule has 3 rings (SSSR count). The summed E-state index contributed by atoms with van der Waals surface area (Å²) in [5.41, 5.74) is -0.772. The van der Waals surface area contributed by atoms with E-state index in [1.165, 1.54) is 0 Å². The molecular weight excluding hydrogens is 357 g/mol. The van der Waals surface area contributed by atoms with Gasteiger partial charge in [0, 0.05) is 32.7 Å². The van der Waals surface area contributed by atoms with Crippen molar-refractivity contribution in [1.82, 2.24) is 9.80 Å². The van der Waals surface area contributed by atoms with Crippen LogP contribution in [0.3, 0.4) is 0 Å². The fraction of sp³-hybridized carbons (Fsp3) is 0.650. The molecular formula is C20H27F3N2O2. The average molecular weight is 384 g/mol. The van der Waals surface area contributed by atoms with Crippen LogP contribution >= 0.6 is 0 Å². The smallest absolute Gasteiger partial charge is 0.410 e. The maximum Gasteiger partial charge on any atom is 0.410 e. The first-order valence-electron chi connectivity index (χ1n) is 9.37. The number of rotatable bonds is 3. The number of amides is 1. The molecule has 0 spiro atoms. The molecule has 0 atom stereocenters. The number of benzene rings is 1. The van der Waals surface area contributed by atoms with Crippen molar-refractivity contribution in [3.05, 3.63) is 35.4 Å². The molecule has 1 saturated carbocycles. The number of halogens is 3. The molecule has 1 saturated heterocycles. The molecule has 0 aromatic heterocycles. The molecule has 1 aromatic carbocycles. The summed E-state index contributed by atoms with van der Waals surface area (Å²) in [5, 5.41) is 0. The first kappa shape index (κ1) is 20.0. The molecule has 4 nitrogen and oxygen atoms in total. The van der Waals surface area contributed by atoms with Crippen LogP contribution < -0.4 is 0 Å². The highest BCUT2D eigenvalue weighted by atomic mass is 19.4. The monoisotopic (exact) mass is 384 g/mol. The van der Waals surface area contributed by atoms with E-state index < -0.39 is 17.2 Å². The normalized spacial score (nSPS) is 20.4. The number of carbonyl (C=O) groups excluding carboxylic acids is 1. The Morgan fingerprint density at radius 1 is 1.04 bits per heavy atom. The third-order valence-electron chi connectivity index (χ3n) is 5.23. The van der Waals surface area contributed by atoms with Gasteiger partial charge >= 0.3 is 12.3 Å². The molecule has 0 N–H and O–H groups in total. The molecule has 150 valence electrons. The lowest BCUT2D eigenvalue weighted by atomic mass is 9.94. The zero-order valence-corrected chi connectivity index (χ0v) is 16.1. The van der Waals surface area contributed by atoms with Crippen molar-refractivity contribution < 1.29 is 22.7 Å². The van der Waals surface area contributed by atoms with E-state index in [4.69, 9.17) is 4.74 Å². The lowest BCUT2D eigenvalue weighted by molar-refractivity contribution is -0.160. The Labute approximate surface area is 158 Å². The Bertz CT molecular complexity index is 668. The molecule has 1 aromatic rings. The summed E-state index contributed by atoms with van der Waals surface area (Å²) < 4.78 is 45.0. The quantitative estimate of drug-likeness (QED) is 0.778. The van der Waals surface area contributed by atoms with E-state index in [2.05, 4.69) is 4.90 Å². The van der Waals surface area contributed by atoms with E-state index in [-0.39, 0.29) is 18.9 Å². The number of ether oxygens (including phenoxy) is 1. The largest absolute Gasteiger partial charge is 0.444 e. The van der Waals surface area contributed by atoms with Gasteiger partial charge in [-0.2, -0.15) is 13.2 Å². The van der Waals surface area contributed by atoms with Gasteiger partial charge in [0.15, 0.2) is 0 Å². The van der Waals surface area contributed by atoms with Crippen molar-refractivity contribution in [2.24, 2.45) is 0 Å². The zero-order valence-electron chi connectivity index (χ0n) is 16.1. The van der Waals surface area contributed by atoms with E-state index in [9.17, 15) is 18.0 Å². The number of hydrogen-bond acceptors (Lipinski definition) is 3. The first-order chi connectivity index (χ1) is 12.5. The molecule has 2 fully saturated rings. The Balaban J connectivity index is 1.52. The Morgan fingerprint density at radius 2 is 1.59 bits per heavy atom. The van der Waals surface area contributed by atoms with Crippen LogP contribution in [0.2, 0.25) is 0 Å². The van der Waals surface area contributed by atoms with Crippen molar-refractivity contribution >= 4 is 6.09 Å². The summed E-state index contributed by atoms with van der Waals surface area (Å²) in [6, 6.07) is 6.82. The van der Waals surface area contributed by atoms with Gasteiger partial charge in [-0.05, 0) is 44.7 Å². The lowest BCUT2D eigenvalue weighted by Crippen LogP contribution is -2.49. The second-order valence-corrected chi connectivity index (χ2v) is 8.52. The van der Waals surface area contributed by atoms with E-state index in [0.717, 1.165) is 5.56 Å². The van der Waals surface area contributed by atoms with Gasteiger partial charge in [-0.15, -0.1) is 0 Å². The summed E-state index contributed by atoms with van der Waals surface area (Å²) in [5.74, 6) is 0. The van der Waals surface area contributed by atoms with Gasteiger partial charge in [-0.3, -0.25) is 4.90 Å². The maximum absolute atomic E-state index is 13.2. The summed E-state index contributed by atoms with van der Waals surface area (Å²) in [6.07, 6.45) is -4.11. The fourth-order valence-corrected chi connectivity index (χ4v) is 3.46. The van der Waals surface area contributed by atoms with Gasteiger partial charge in [0.2, 0.25) is 0 Å². The molecule has 0 radical (unpaired) electrons. The van der Waals surface area contributed by atoms with Crippen LogP contribution in [0.1, 0.15) is 44.7 Å². The SMILES string of the molecule is CC(C)(C)OC(=O)N1CCN(Cc2ccc(C3(C(F)(F)F)CC3)cc2)CC1. The number of nitrogens with zero attached hydrogens (tertiary/aromatic N) is 2. The lowest BCUT2D eigenvalue weighted by Gasteiger charge is -2.35. The van der Waals surface area contributed by atoms with Gasteiger partial charge in [-0.25, -0.2) is 4.79 Å². The summed E-state index contributed by atoms with van der Waals surface area (Å²) in [7, 11) is 0. The number of piperazine rings is 1. The summed E-state index contributed by atoms with van der Waals surface area (Å²) in [6.45, 7) is 8.80. The second kappa shape index (κ2) is 7.00. The third-order valence-corrected chi connectivity index (χ3v) is 5.23. The highest BCUT2D eigenvalue weighted by Crippen LogP contribution is 2.58. The van der Waals surface area contributed by atoms with Crippen molar-refractivity contribution in [1.29, 1.82) is 0 Å². The minimum absolute atomic E-state index is 0.183. The standard InChI is InChI=1S/C20H27F3N2O2/c1-18(2,3)27-17(26)25-12-10-24(11-13-25)14-15-4-6-16(7-5-15)19(8-9-19)20(21,22)23/h4-7H,8-14H2,1-3H3. The van der Waals surface area contributed by atoms with E-state index in [1.807, 2.05) is 20.8 Å². The molecule has 27 heavy (non-hydrogen) atoms. The second-order valence-electron chi connectivity index (χ2n) is 8.52. The summed E-state index contributed by atoms with van der Waals surface area (Å²) >= 11 is 0. The minimum atomic E-state index is -4.17. The number of alkyl halides is 3. The van der Waals surface area contributed by atoms with Crippen LogP contribution in [0.4, 0.5) is 18.0 Å². The van der Waals surface area contributed by atoms with Crippen molar-refractivity contribution in [3.8, 4) is 0 Å². The average Bonchev–Trinajstić information content (AvgIpc) is 3.36. The molecule has 2 aliphatic rings. The number of hydrogen-bond donors (Lipinski definition) is 0. The van der Waals surface area contributed by atoms with Crippen LogP contribution in [0.15, 0.2) is 24.3 Å². The van der Waals surface area contributed by atoms with Crippen molar-refractivity contribution in [2.45, 2.75) is 57.3 Å². The zero-order chi connectivity index (χ0) is 19.9. The van der Waals surface area contributed by atoms with Gasteiger partial charge in [0.1, 0.15) is 5.60 Å². The predicted molar refractivity (Wildman–Crippen MR) is 96.5 cm³/mol. The van der Waals surface area contributed by atoms with Crippen LogP contribution in [-0.4, -0.2) is 53.8 Å². The van der Waals surface area contributed by atoms with E-state index in [1.54, 1.807) is 29.2 Å². The van der Waals surface area contributed by atoms with Gasteiger partial charge in [0.25, 0.3) is 0 Å². The highest BCUT2D eigenvalue weighted by molar-refractivity contribution is 5.68. The summed E-state index contributed by atoms with van der Waals surface area (Å²) in [4.78, 5) is 16.0. The van der Waals surface area contributed by atoms with Crippen LogP contribution in [0.5, 0.6) is 0 Å². The van der Waals surface area contributed by atoms with Gasteiger partial charge in [-0.1, -0.05) is 24.3 Å². The molecule has 1 aliphatic heterocycles. The third kappa shape index (κ3) is 4.57. The Kier molecular flexibility index (Phi) is 5.18. The topological polar surface area (TPSA) is 32.8 Å². The molecule has 0 unspecified atom stereocenters. The van der Waals surface area contributed by atoms with Gasteiger partial charge in [0.05, 0.1) is 5.41 Å². The Hall–Kier alpha value is -1.76. The van der Waals surface area contributed by atoms with Crippen molar-refractivity contribution in [2.75, 3.05) is 26.2 Å². The molecule has 1 amide bonds. The minimum Gasteiger partial charge on any atom is -0.444 e. The van der Waals surface area contributed by atoms with Gasteiger partial charge < -0.3 is 9.64 Å². The van der Waals surface area contributed by atoms with E-state index >= 15 is 0 Å². The molecule has 0 bridgehead atoms. The number of carbonyl (C=O) groups is 1. The first-order valence-corrected chi connectivity index (χ1v) is 9.37. The van der Waals surface area contributed by atoms with Crippen LogP contribution in [-0.2, 0) is 16.7 Å². The maximum atomic E-state index is 13.2. The molecule has 1 heterocycles. The van der Waals surface area contributed by atoms with Crippen molar-refractivity contribution in [3.63, 3.8) is 0 Å². The fourth-order valence-electron chi connectivity index (χ4n) is 3.46. The van der Waals surface area contributed by atoms with E-state index in [0.29, 0.717) is 38.3 Å². The predicted octanol–water partition coefficient (Wildman–Crippen LogP) is 4.33. The van der Waals surface area contributed by atoms with Crippen LogP contribution in [0.25, 0.3) is 0 Å².